The van der Waals surface area contributed by atoms with Gasteiger partial charge in [-0.25, -0.2) is 13.2 Å². The number of alkyl halides is 3. The van der Waals surface area contributed by atoms with E-state index in [0.29, 0.717) is 44.0 Å². The van der Waals surface area contributed by atoms with Crippen molar-refractivity contribution in [2.75, 3.05) is 55.1 Å². The van der Waals surface area contributed by atoms with Gasteiger partial charge in [-0.2, -0.15) is 23.0 Å². The summed E-state index contributed by atoms with van der Waals surface area (Å²) in [6, 6.07) is 3.87. The largest absolute Gasteiger partial charge is 0.416 e. The standard InChI is InChI=1S/C21H27F3N6O3S/c1-34(32,33)26-18-13-25-30(15-18)20(31)29-8-6-27(7-9-29)14-16-10-17(21(22,23)24)12-19(11-16)28-4-2-3-5-28/h10-13,15,26H,2-9,14H2,1H3. The molecule has 0 saturated carbocycles. The number of aromatic nitrogens is 2. The Morgan fingerprint density at radius 1 is 1.06 bits per heavy atom. The molecule has 0 radical (unpaired) electrons. The number of carbonyl (C=O) groups excluding carboxylic acids is 1. The van der Waals surface area contributed by atoms with Crippen molar-refractivity contribution in [3.8, 4) is 0 Å². The second kappa shape index (κ2) is 9.45. The first-order valence-corrected chi connectivity index (χ1v) is 12.9. The Hall–Kier alpha value is -2.80. The van der Waals surface area contributed by atoms with E-state index in [1.54, 1.807) is 4.90 Å². The third-order valence-electron chi connectivity index (χ3n) is 5.91. The first-order valence-electron chi connectivity index (χ1n) is 11.0. The highest BCUT2D eigenvalue weighted by molar-refractivity contribution is 7.92. The lowest BCUT2D eigenvalue weighted by Gasteiger charge is -2.34. The lowest BCUT2D eigenvalue weighted by atomic mass is 10.1. The summed E-state index contributed by atoms with van der Waals surface area (Å²) < 4.78 is 66.4. The molecule has 13 heteroatoms. The Bertz CT molecular complexity index is 1140. The van der Waals surface area contributed by atoms with Crippen molar-refractivity contribution in [1.82, 2.24) is 19.6 Å². The molecule has 1 N–H and O–H groups in total. The zero-order valence-electron chi connectivity index (χ0n) is 18.8. The summed E-state index contributed by atoms with van der Waals surface area (Å²) in [5, 5.41) is 3.92. The molecule has 2 fully saturated rings. The van der Waals surface area contributed by atoms with E-state index in [1.165, 1.54) is 24.5 Å². The molecule has 1 aromatic carbocycles. The van der Waals surface area contributed by atoms with Crippen LogP contribution in [0, 0.1) is 0 Å². The maximum atomic E-state index is 13.5. The third-order valence-corrected chi connectivity index (χ3v) is 6.51. The minimum atomic E-state index is -4.41. The molecule has 186 valence electrons. The quantitative estimate of drug-likeness (QED) is 0.679. The van der Waals surface area contributed by atoms with Crippen LogP contribution in [0.1, 0.15) is 24.0 Å². The molecular formula is C21H27F3N6O3S. The van der Waals surface area contributed by atoms with Crippen LogP contribution < -0.4 is 9.62 Å². The van der Waals surface area contributed by atoms with E-state index in [2.05, 4.69) is 9.82 Å². The van der Waals surface area contributed by atoms with Gasteiger partial charge in [0.1, 0.15) is 0 Å². The van der Waals surface area contributed by atoms with Gasteiger partial charge in [-0.3, -0.25) is 9.62 Å². The van der Waals surface area contributed by atoms with E-state index in [9.17, 15) is 26.4 Å². The second-order valence-corrected chi connectivity index (χ2v) is 10.4. The summed E-state index contributed by atoms with van der Waals surface area (Å²) in [6.07, 6.45) is 1.10. The lowest BCUT2D eigenvalue weighted by Crippen LogP contribution is -2.49. The summed E-state index contributed by atoms with van der Waals surface area (Å²) in [7, 11) is -3.48. The predicted octanol–water partition coefficient (Wildman–Crippen LogP) is 2.66. The smallest absolute Gasteiger partial charge is 0.372 e. The molecule has 1 amide bonds. The number of sulfonamides is 1. The van der Waals surface area contributed by atoms with Crippen molar-refractivity contribution in [2.24, 2.45) is 0 Å². The zero-order valence-corrected chi connectivity index (χ0v) is 19.6. The average Bonchev–Trinajstić information content (AvgIpc) is 3.44. The molecule has 0 bridgehead atoms. The van der Waals surface area contributed by atoms with Crippen LogP contribution in [0.25, 0.3) is 0 Å². The van der Waals surface area contributed by atoms with Crippen molar-refractivity contribution >= 4 is 27.4 Å². The molecule has 2 aliphatic rings. The molecule has 0 atom stereocenters. The first-order chi connectivity index (χ1) is 16.0. The van der Waals surface area contributed by atoms with E-state index >= 15 is 0 Å². The molecule has 3 heterocycles. The molecule has 2 saturated heterocycles. The molecule has 0 aliphatic carbocycles. The highest BCUT2D eigenvalue weighted by Gasteiger charge is 2.32. The van der Waals surface area contributed by atoms with Gasteiger partial charge < -0.3 is 9.80 Å². The highest BCUT2D eigenvalue weighted by Crippen LogP contribution is 2.34. The van der Waals surface area contributed by atoms with Crippen LogP contribution in [0.5, 0.6) is 0 Å². The fourth-order valence-corrected chi connectivity index (χ4v) is 4.81. The lowest BCUT2D eigenvalue weighted by molar-refractivity contribution is -0.137. The number of carbonyl (C=O) groups is 1. The van der Waals surface area contributed by atoms with Crippen molar-refractivity contribution < 1.29 is 26.4 Å². The van der Waals surface area contributed by atoms with Crippen molar-refractivity contribution in [3.05, 3.63) is 41.7 Å². The number of amides is 1. The highest BCUT2D eigenvalue weighted by atomic mass is 32.2. The minimum Gasteiger partial charge on any atom is -0.372 e. The van der Waals surface area contributed by atoms with E-state index in [0.717, 1.165) is 36.9 Å². The SMILES string of the molecule is CS(=O)(=O)Nc1cnn(C(=O)N2CCN(Cc3cc(N4CCCC4)cc(C(F)(F)F)c3)CC2)c1. The van der Waals surface area contributed by atoms with Gasteiger partial charge in [0.2, 0.25) is 10.0 Å². The van der Waals surface area contributed by atoms with Crippen molar-refractivity contribution in [3.63, 3.8) is 0 Å². The molecule has 4 rings (SSSR count). The van der Waals surface area contributed by atoms with Crippen molar-refractivity contribution in [1.29, 1.82) is 0 Å². The van der Waals surface area contributed by atoms with Gasteiger partial charge in [0.05, 0.1) is 29.9 Å². The van der Waals surface area contributed by atoms with Crippen LogP contribution in [-0.2, 0) is 22.7 Å². The summed E-state index contributed by atoms with van der Waals surface area (Å²) in [6.45, 7) is 3.63. The molecule has 1 aromatic heterocycles. The monoisotopic (exact) mass is 500 g/mol. The third kappa shape index (κ3) is 6.00. The van der Waals surface area contributed by atoms with Gasteiger partial charge in [0.15, 0.2) is 0 Å². The number of piperazine rings is 1. The van der Waals surface area contributed by atoms with Gasteiger partial charge in [-0.1, -0.05) is 0 Å². The molecule has 0 spiro atoms. The van der Waals surface area contributed by atoms with E-state index < -0.39 is 27.8 Å². The molecule has 34 heavy (non-hydrogen) atoms. The number of rotatable bonds is 5. The first kappa shape index (κ1) is 24.3. The number of halogens is 3. The maximum absolute atomic E-state index is 13.5. The number of nitrogens with one attached hydrogen (secondary N) is 1. The number of hydrogen-bond donors (Lipinski definition) is 1. The Morgan fingerprint density at radius 2 is 1.74 bits per heavy atom. The molecule has 9 nitrogen and oxygen atoms in total. The number of anilines is 2. The Kier molecular flexibility index (Phi) is 6.76. The summed E-state index contributed by atoms with van der Waals surface area (Å²) in [5.41, 5.74) is 0.749. The normalized spacial score (nSPS) is 17.9. The minimum absolute atomic E-state index is 0.188. The topological polar surface area (TPSA) is 90.8 Å². The number of nitrogens with zero attached hydrogens (tertiary/aromatic N) is 5. The van der Waals surface area contributed by atoms with E-state index in [4.69, 9.17) is 0 Å². The fraction of sp³-hybridized carbons (Fsp3) is 0.524. The maximum Gasteiger partial charge on any atom is 0.416 e. The summed E-state index contributed by atoms with van der Waals surface area (Å²) in [4.78, 5) is 18.3. The molecular weight excluding hydrogens is 473 g/mol. The van der Waals surface area contributed by atoms with Gasteiger partial charge in [-0.05, 0) is 36.6 Å². The van der Waals surface area contributed by atoms with Crippen molar-refractivity contribution in [2.45, 2.75) is 25.6 Å². The van der Waals surface area contributed by atoms with E-state index in [-0.39, 0.29) is 5.69 Å². The van der Waals surface area contributed by atoms with Crippen LogP contribution in [0.15, 0.2) is 30.6 Å². The predicted molar refractivity (Wildman–Crippen MR) is 121 cm³/mol. The van der Waals surface area contributed by atoms with Crippen LogP contribution in [-0.4, -0.2) is 79.6 Å². The molecule has 2 aromatic rings. The molecule has 0 unspecified atom stereocenters. The zero-order chi connectivity index (χ0) is 24.5. The van der Waals surface area contributed by atoms with Gasteiger partial charge in [-0.15, -0.1) is 0 Å². The van der Waals surface area contributed by atoms with Crippen LogP contribution in [0.4, 0.5) is 29.3 Å². The van der Waals surface area contributed by atoms with Crippen LogP contribution >= 0.6 is 0 Å². The Balaban J connectivity index is 1.39. The Labute approximate surface area is 196 Å². The average molecular weight is 501 g/mol. The number of benzene rings is 1. The summed E-state index contributed by atoms with van der Waals surface area (Å²) in [5.74, 6) is 0. The van der Waals surface area contributed by atoms with Gasteiger partial charge in [0.25, 0.3) is 0 Å². The van der Waals surface area contributed by atoms with Gasteiger partial charge in [0, 0.05) is 51.5 Å². The van der Waals surface area contributed by atoms with Crippen LogP contribution in [0.3, 0.4) is 0 Å². The Morgan fingerprint density at radius 3 is 2.35 bits per heavy atom. The summed E-state index contributed by atoms with van der Waals surface area (Å²) >= 11 is 0. The second-order valence-electron chi connectivity index (χ2n) is 8.67. The number of hydrogen-bond acceptors (Lipinski definition) is 6. The van der Waals surface area contributed by atoms with Crippen LogP contribution in [0.2, 0.25) is 0 Å². The van der Waals surface area contributed by atoms with E-state index in [1.807, 2.05) is 15.9 Å². The van der Waals surface area contributed by atoms with Gasteiger partial charge >= 0.3 is 12.2 Å². The molecule has 2 aliphatic heterocycles. The fourth-order valence-electron chi connectivity index (χ4n) is 4.28.